The number of benzene rings is 1. The fraction of sp³-hybridized carbons (Fsp3) is 0.538. The van der Waals surface area contributed by atoms with Crippen LogP contribution in [0.1, 0.15) is 25.5 Å². The minimum absolute atomic E-state index is 0.123. The third-order valence-corrected chi connectivity index (χ3v) is 2.32. The molecule has 1 aromatic rings. The van der Waals surface area contributed by atoms with Gasteiger partial charge in [0.15, 0.2) is 0 Å². The van der Waals surface area contributed by atoms with Crippen LogP contribution in [0.5, 0.6) is 0 Å². The molecular formula is C13H21NO2. The largest absolute Gasteiger partial charge is 0.389 e. The molecule has 3 nitrogen and oxygen atoms in total. The van der Waals surface area contributed by atoms with Gasteiger partial charge in [-0.1, -0.05) is 30.3 Å². The summed E-state index contributed by atoms with van der Waals surface area (Å²) in [6.45, 7) is 4.71. The number of aliphatic hydroxyl groups is 1. The molecule has 0 bridgehead atoms. The van der Waals surface area contributed by atoms with Crippen LogP contribution in [0.3, 0.4) is 0 Å². The highest BCUT2D eigenvalue weighted by Crippen LogP contribution is 2.13. The molecule has 1 unspecified atom stereocenters. The first-order chi connectivity index (χ1) is 7.53. The van der Waals surface area contributed by atoms with E-state index in [1.807, 2.05) is 18.2 Å². The molecule has 1 atom stereocenters. The Hall–Kier alpha value is -0.900. The van der Waals surface area contributed by atoms with Crippen molar-refractivity contribution < 1.29 is 9.84 Å². The van der Waals surface area contributed by atoms with Crippen molar-refractivity contribution in [2.45, 2.75) is 25.5 Å². The molecule has 1 rings (SSSR count). The number of hydrogen-bond acceptors (Lipinski definition) is 3. The molecule has 0 spiro atoms. The lowest BCUT2D eigenvalue weighted by atomic mass is 10.1. The van der Waals surface area contributed by atoms with Crippen molar-refractivity contribution in [1.82, 2.24) is 5.32 Å². The lowest BCUT2D eigenvalue weighted by molar-refractivity contribution is 0.0698. The highest BCUT2D eigenvalue weighted by Gasteiger charge is 2.16. The van der Waals surface area contributed by atoms with E-state index in [-0.39, 0.29) is 6.04 Å². The molecule has 0 radical (unpaired) electrons. The van der Waals surface area contributed by atoms with Crippen molar-refractivity contribution in [3.63, 3.8) is 0 Å². The summed E-state index contributed by atoms with van der Waals surface area (Å²) >= 11 is 0. The average molecular weight is 223 g/mol. The second-order valence-electron chi connectivity index (χ2n) is 4.61. The van der Waals surface area contributed by atoms with Gasteiger partial charge in [0, 0.05) is 13.7 Å². The number of rotatable bonds is 6. The number of nitrogens with one attached hydrogen (secondary N) is 1. The zero-order valence-corrected chi connectivity index (χ0v) is 10.2. The molecule has 0 aliphatic rings. The Kier molecular flexibility index (Phi) is 4.93. The molecular weight excluding hydrogens is 202 g/mol. The minimum atomic E-state index is -0.708. The fourth-order valence-electron chi connectivity index (χ4n) is 1.50. The van der Waals surface area contributed by atoms with Gasteiger partial charge in [-0.2, -0.15) is 0 Å². The third-order valence-electron chi connectivity index (χ3n) is 2.32. The normalized spacial score (nSPS) is 13.8. The maximum Gasteiger partial charge on any atom is 0.0715 e. The van der Waals surface area contributed by atoms with E-state index in [4.69, 9.17) is 4.74 Å². The van der Waals surface area contributed by atoms with Gasteiger partial charge in [-0.05, 0) is 19.4 Å². The van der Waals surface area contributed by atoms with Crippen molar-refractivity contribution in [1.29, 1.82) is 0 Å². The Morgan fingerprint density at radius 2 is 1.94 bits per heavy atom. The van der Waals surface area contributed by atoms with Gasteiger partial charge in [0.05, 0.1) is 18.2 Å². The fourth-order valence-corrected chi connectivity index (χ4v) is 1.50. The van der Waals surface area contributed by atoms with Gasteiger partial charge in [-0.3, -0.25) is 0 Å². The number of methoxy groups -OCH3 is 1. The van der Waals surface area contributed by atoms with Crippen molar-refractivity contribution in [2.75, 3.05) is 20.3 Å². The maximum atomic E-state index is 9.68. The summed E-state index contributed by atoms with van der Waals surface area (Å²) in [6, 6.07) is 10.2. The molecule has 0 fully saturated rings. The summed E-state index contributed by atoms with van der Waals surface area (Å²) in [6.07, 6.45) is 0. The second kappa shape index (κ2) is 5.99. The Morgan fingerprint density at radius 1 is 1.31 bits per heavy atom. The predicted molar refractivity (Wildman–Crippen MR) is 65.4 cm³/mol. The van der Waals surface area contributed by atoms with E-state index >= 15 is 0 Å². The SMILES string of the molecule is COCC(NCC(C)(C)O)c1ccccc1. The van der Waals surface area contributed by atoms with E-state index in [2.05, 4.69) is 17.4 Å². The number of hydrogen-bond donors (Lipinski definition) is 2. The molecule has 0 aliphatic carbocycles. The van der Waals surface area contributed by atoms with Gasteiger partial charge in [-0.25, -0.2) is 0 Å². The van der Waals surface area contributed by atoms with Crippen molar-refractivity contribution in [2.24, 2.45) is 0 Å². The molecule has 1 aromatic carbocycles. The third kappa shape index (κ3) is 4.75. The van der Waals surface area contributed by atoms with Gasteiger partial charge < -0.3 is 15.2 Å². The van der Waals surface area contributed by atoms with E-state index < -0.39 is 5.60 Å². The summed E-state index contributed by atoms with van der Waals surface area (Å²) in [5.41, 5.74) is 0.467. The molecule has 0 saturated carbocycles. The predicted octanol–water partition coefficient (Wildman–Crippen LogP) is 1.73. The van der Waals surface area contributed by atoms with Crippen molar-refractivity contribution in [3.05, 3.63) is 35.9 Å². The van der Waals surface area contributed by atoms with E-state index in [9.17, 15) is 5.11 Å². The zero-order chi connectivity index (χ0) is 12.0. The van der Waals surface area contributed by atoms with Crippen LogP contribution >= 0.6 is 0 Å². The number of ether oxygens (including phenoxy) is 1. The van der Waals surface area contributed by atoms with Gasteiger partial charge in [0.2, 0.25) is 0 Å². The second-order valence-corrected chi connectivity index (χ2v) is 4.61. The van der Waals surface area contributed by atoms with Crippen molar-refractivity contribution in [3.8, 4) is 0 Å². The molecule has 0 heterocycles. The molecule has 0 aliphatic heterocycles. The Bertz CT molecular complexity index is 293. The standard InChI is InChI=1S/C13H21NO2/c1-13(2,15)10-14-12(9-16-3)11-7-5-4-6-8-11/h4-8,12,14-15H,9-10H2,1-3H3. The zero-order valence-electron chi connectivity index (χ0n) is 10.2. The van der Waals surface area contributed by atoms with Crippen LogP contribution in [0.15, 0.2) is 30.3 Å². The Balaban J connectivity index is 2.61. The van der Waals surface area contributed by atoms with E-state index in [1.165, 1.54) is 5.56 Å². The average Bonchev–Trinajstić information content (AvgIpc) is 2.24. The van der Waals surface area contributed by atoms with Crippen molar-refractivity contribution >= 4 is 0 Å². The summed E-state index contributed by atoms with van der Waals surface area (Å²) in [5.74, 6) is 0. The van der Waals surface area contributed by atoms with Crippen LogP contribution in [0.2, 0.25) is 0 Å². The molecule has 0 aromatic heterocycles. The first kappa shape index (κ1) is 13.2. The van der Waals surface area contributed by atoms with Gasteiger partial charge in [0.1, 0.15) is 0 Å². The maximum absolute atomic E-state index is 9.68. The van der Waals surface area contributed by atoms with Crippen LogP contribution in [0, 0.1) is 0 Å². The van der Waals surface area contributed by atoms with Crippen LogP contribution < -0.4 is 5.32 Å². The van der Waals surface area contributed by atoms with E-state index in [0.29, 0.717) is 13.2 Å². The lowest BCUT2D eigenvalue weighted by Crippen LogP contribution is -2.38. The molecule has 0 saturated heterocycles. The highest BCUT2D eigenvalue weighted by atomic mass is 16.5. The molecule has 16 heavy (non-hydrogen) atoms. The van der Waals surface area contributed by atoms with Gasteiger partial charge in [-0.15, -0.1) is 0 Å². The van der Waals surface area contributed by atoms with E-state index in [1.54, 1.807) is 21.0 Å². The summed E-state index contributed by atoms with van der Waals surface area (Å²) in [7, 11) is 1.68. The summed E-state index contributed by atoms with van der Waals surface area (Å²) in [4.78, 5) is 0. The Labute approximate surface area is 97.4 Å². The van der Waals surface area contributed by atoms with Crippen LogP contribution in [-0.4, -0.2) is 31.0 Å². The van der Waals surface area contributed by atoms with Gasteiger partial charge >= 0.3 is 0 Å². The summed E-state index contributed by atoms with van der Waals surface area (Å²) < 4.78 is 5.18. The van der Waals surface area contributed by atoms with Crippen LogP contribution in [-0.2, 0) is 4.74 Å². The topological polar surface area (TPSA) is 41.5 Å². The Morgan fingerprint density at radius 3 is 2.44 bits per heavy atom. The van der Waals surface area contributed by atoms with Gasteiger partial charge in [0.25, 0.3) is 0 Å². The first-order valence-corrected chi connectivity index (χ1v) is 5.52. The van der Waals surface area contributed by atoms with E-state index in [0.717, 1.165) is 0 Å². The smallest absolute Gasteiger partial charge is 0.0715 e. The van der Waals surface area contributed by atoms with Crippen LogP contribution in [0.25, 0.3) is 0 Å². The molecule has 90 valence electrons. The molecule has 2 N–H and O–H groups in total. The molecule has 0 amide bonds. The monoisotopic (exact) mass is 223 g/mol. The first-order valence-electron chi connectivity index (χ1n) is 5.52. The highest BCUT2D eigenvalue weighted by molar-refractivity contribution is 5.19. The quantitative estimate of drug-likeness (QED) is 0.772. The summed E-state index contributed by atoms with van der Waals surface area (Å²) in [5, 5.41) is 13.0. The minimum Gasteiger partial charge on any atom is -0.389 e. The molecule has 3 heteroatoms. The van der Waals surface area contributed by atoms with Crippen LogP contribution in [0.4, 0.5) is 0 Å². The lowest BCUT2D eigenvalue weighted by Gasteiger charge is -2.24.